The van der Waals surface area contributed by atoms with Gasteiger partial charge in [0.05, 0.1) is 23.7 Å². The van der Waals surface area contributed by atoms with E-state index in [2.05, 4.69) is 15.1 Å². The molecular weight excluding hydrogens is 412 g/mol. The van der Waals surface area contributed by atoms with Gasteiger partial charge >= 0.3 is 0 Å². The first-order valence-corrected chi connectivity index (χ1v) is 10.6. The molecule has 1 aliphatic rings. The molecule has 1 aromatic carbocycles. The number of aryl methyl sites for hydroxylation is 3. The fourth-order valence-corrected chi connectivity index (χ4v) is 4.25. The van der Waals surface area contributed by atoms with Gasteiger partial charge in [0.15, 0.2) is 5.65 Å². The smallest absolute Gasteiger partial charge is 0.179 e. The van der Waals surface area contributed by atoms with Gasteiger partial charge < -0.3 is 4.74 Å². The van der Waals surface area contributed by atoms with Crippen LogP contribution in [-0.2, 0) is 11.8 Å². The SMILES string of the molecule is Cc1nc2nc([C@@H]3CCO[C@H](c4cnn(C)c4)C3)cc(-c3ccc(F)cc3F)c2nc1C. The third kappa shape index (κ3) is 3.75. The van der Waals surface area contributed by atoms with Gasteiger partial charge in [0.25, 0.3) is 0 Å². The van der Waals surface area contributed by atoms with Crippen molar-refractivity contribution in [1.29, 1.82) is 0 Å². The predicted molar refractivity (Wildman–Crippen MR) is 116 cm³/mol. The van der Waals surface area contributed by atoms with E-state index in [0.717, 1.165) is 41.6 Å². The first-order valence-electron chi connectivity index (χ1n) is 10.6. The maximum absolute atomic E-state index is 14.8. The van der Waals surface area contributed by atoms with Crippen LogP contribution in [0.1, 0.15) is 47.5 Å². The van der Waals surface area contributed by atoms with Crippen LogP contribution in [0.15, 0.2) is 36.7 Å². The van der Waals surface area contributed by atoms with Crippen LogP contribution in [0.3, 0.4) is 0 Å². The Morgan fingerprint density at radius 1 is 1.03 bits per heavy atom. The van der Waals surface area contributed by atoms with Crippen molar-refractivity contribution in [3.05, 3.63) is 70.9 Å². The van der Waals surface area contributed by atoms with E-state index in [0.29, 0.717) is 23.3 Å². The van der Waals surface area contributed by atoms with Crippen molar-refractivity contribution in [3.63, 3.8) is 0 Å². The van der Waals surface area contributed by atoms with Crippen LogP contribution < -0.4 is 0 Å². The second-order valence-corrected chi connectivity index (χ2v) is 8.31. The third-order valence-electron chi connectivity index (χ3n) is 6.09. The Kier molecular flexibility index (Phi) is 5.17. The maximum Gasteiger partial charge on any atom is 0.179 e. The lowest BCUT2D eigenvalue weighted by atomic mass is 9.88. The van der Waals surface area contributed by atoms with Crippen LogP contribution in [0.2, 0.25) is 0 Å². The lowest BCUT2D eigenvalue weighted by Crippen LogP contribution is -2.19. The van der Waals surface area contributed by atoms with Crippen LogP contribution >= 0.6 is 0 Å². The lowest BCUT2D eigenvalue weighted by Gasteiger charge is -2.29. The van der Waals surface area contributed by atoms with Crippen molar-refractivity contribution < 1.29 is 13.5 Å². The molecule has 0 saturated carbocycles. The number of nitrogens with zero attached hydrogens (tertiary/aromatic N) is 5. The molecule has 0 unspecified atom stereocenters. The van der Waals surface area contributed by atoms with Gasteiger partial charge in [-0.2, -0.15) is 5.10 Å². The minimum Gasteiger partial charge on any atom is -0.373 e. The Labute approximate surface area is 184 Å². The van der Waals surface area contributed by atoms with Crippen LogP contribution in [0, 0.1) is 25.5 Å². The van der Waals surface area contributed by atoms with E-state index in [1.54, 1.807) is 4.68 Å². The topological polar surface area (TPSA) is 65.7 Å². The molecule has 8 heteroatoms. The number of aromatic nitrogens is 5. The van der Waals surface area contributed by atoms with Gasteiger partial charge in [-0.25, -0.2) is 23.7 Å². The average Bonchev–Trinajstić information content (AvgIpc) is 3.21. The monoisotopic (exact) mass is 435 g/mol. The standard InChI is InChI=1S/C24H23F2N5O/c1-13-14(2)29-24-23(28-13)19(18-5-4-17(25)9-20(18)26)10-21(30-24)15-6-7-32-22(8-15)16-11-27-31(3)12-16/h4-5,9-12,15,22H,6-8H2,1-3H3/t15-,22+/m1/s1. The Hall–Kier alpha value is -3.26. The Balaban J connectivity index is 1.62. The zero-order valence-electron chi connectivity index (χ0n) is 18.1. The fraction of sp³-hybridized carbons (Fsp3) is 0.333. The highest BCUT2D eigenvalue weighted by Gasteiger charge is 2.28. The molecule has 164 valence electrons. The molecule has 0 N–H and O–H groups in total. The summed E-state index contributed by atoms with van der Waals surface area (Å²) >= 11 is 0. The minimum absolute atomic E-state index is 0.0863. The van der Waals surface area contributed by atoms with Crippen molar-refractivity contribution in [2.24, 2.45) is 7.05 Å². The minimum atomic E-state index is -0.635. The Morgan fingerprint density at radius 2 is 1.84 bits per heavy atom. The maximum atomic E-state index is 14.8. The summed E-state index contributed by atoms with van der Waals surface area (Å²) < 4.78 is 36.1. The van der Waals surface area contributed by atoms with E-state index in [1.165, 1.54) is 12.1 Å². The molecule has 2 atom stereocenters. The summed E-state index contributed by atoms with van der Waals surface area (Å²) in [5.41, 5.74) is 5.19. The van der Waals surface area contributed by atoms with Gasteiger partial charge in [0.2, 0.25) is 0 Å². The van der Waals surface area contributed by atoms with Crippen molar-refractivity contribution in [1.82, 2.24) is 24.7 Å². The highest BCUT2D eigenvalue weighted by atomic mass is 19.1. The van der Waals surface area contributed by atoms with Crippen LogP contribution in [-0.4, -0.2) is 31.3 Å². The molecule has 0 spiro atoms. The molecule has 1 saturated heterocycles. The third-order valence-corrected chi connectivity index (χ3v) is 6.09. The molecule has 4 heterocycles. The number of pyridine rings is 1. The van der Waals surface area contributed by atoms with Crippen molar-refractivity contribution in [2.45, 2.75) is 38.7 Å². The number of halogens is 2. The molecule has 0 aliphatic carbocycles. The van der Waals surface area contributed by atoms with Crippen LogP contribution in [0.5, 0.6) is 0 Å². The molecule has 1 aliphatic heterocycles. The van der Waals surface area contributed by atoms with Crippen molar-refractivity contribution in [3.8, 4) is 11.1 Å². The number of ether oxygens (including phenoxy) is 1. The molecular formula is C24H23F2N5O. The molecule has 4 aromatic rings. The van der Waals surface area contributed by atoms with E-state index in [-0.39, 0.29) is 17.6 Å². The largest absolute Gasteiger partial charge is 0.373 e. The van der Waals surface area contributed by atoms with E-state index >= 15 is 0 Å². The summed E-state index contributed by atoms with van der Waals surface area (Å²) in [6.07, 6.45) is 5.21. The van der Waals surface area contributed by atoms with E-state index in [9.17, 15) is 8.78 Å². The van der Waals surface area contributed by atoms with Gasteiger partial charge in [-0.1, -0.05) is 0 Å². The van der Waals surface area contributed by atoms with Gasteiger partial charge in [-0.15, -0.1) is 0 Å². The molecule has 5 rings (SSSR count). The number of hydrogen-bond donors (Lipinski definition) is 0. The van der Waals surface area contributed by atoms with E-state index in [4.69, 9.17) is 9.72 Å². The molecule has 32 heavy (non-hydrogen) atoms. The summed E-state index contributed by atoms with van der Waals surface area (Å²) in [7, 11) is 1.88. The highest BCUT2D eigenvalue weighted by molar-refractivity contribution is 5.90. The molecule has 1 fully saturated rings. The zero-order valence-corrected chi connectivity index (χ0v) is 18.1. The quantitative estimate of drug-likeness (QED) is 0.455. The average molecular weight is 435 g/mol. The summed E-state index contributed by atoms with van der Waals surface area (Å²) in [5, 5.41) is 4.25. The number of fused-ring (bicyclic) bond motifs is 1. The van der Waals surface area contributed by atoms with E-state index < -0.39 is 11.6 Å². The zero-order chi connectivity index (χ0) is 22.4. The lowest BCUT2D eigenvalue weighted by molar-refractivity contribution is 0.00465. The normalized spacial score (nSPS) is 18.9. The van der Waals surface area contributed by atoms with E-state index in [1.807, 2.05) is 39.4 Å². The van der Waals surface area contributed by atoms with Gasteiger partial charge in [-0.3, -0.25) is 4.68 Å². The molecule has 3 aromatic heterocycles. The molecule has 0 amide bonds. The summed E-state index contributed by atoms with van der Waals surface area (Å²) in [6, 6.07) is 5.47. The first-order chi connectivity index (χ1) is 15.4. The number of hydrogen-bond acceptors (Lipinski definition) is 5. The summed E-state index contributed by atoms with van der Waals surface area (Å²) in [6.45, 7) is 4.32. The summed E-state index contributed by atoms with van der Waals surface area (Å²) in [5.74, 6) is -1.15. The molecule has 0 bridgehead atoms. The fourth-order valence-electron chi connectivity index (χ4n) is 4.25. The number of benzene rings is 1. The van der Waals surface area contributed by atoms with Crippen LogP contribution in [0.4, 0.5) is 8.78 Å². The predicted octanol–water partition coefficient (Wildman–Crippen LogP) is 4.96. The highest BCUT2D eigenvalue weighted by Crippen LogP contribution is 2.39. The van der Waals surface area contributed by atoms with Crippen molar-refractivity contribution >= 4 is 11.2 Å². The van der Waals surface area contributed by atoms with Gasteiger partial charge in [-0.05, 0) is 44.9 Å². The Morgan fingerprint density at radius 3 is 2.59 bits per heavy atom. The van der Waals surface area contributed by atoms with Gasteiger partial charge in [0.1, 0.15) is 17.2 Å². The second-order valence-electron chi connectivity index (χ2n) is 8.31. The first kappa shape index (κ1) is 20.6. The van der Waals surface area contributed by atoms with Crippen LogP contribution in [0.25, 0.3) is 22.3 Å². The summed E-state index contributed by atoms with van der Waals surface area (Å²) in [4.78, 5) is 14.1. The molecule has 6 nitrogen and oxygen atoms in total. The number of rotatable bonds is 3. The second kappa shape index (κ2) is 8.02. The van der Waals surface area contributed by atoms with Gasteiger partial charge in [0, 0.05) is 54.2 Å². The Bertz CT molecular complexity index is 1320. The molecule has 0 radical (unpaired) electrons. The van der Waals surface area contributed by atoms with Crippen molar-refractivity contribution in [2.75, 3.05) is 6.61 Å².